The van der Waals surface area contributed by atoms with Crippen LogP contribution in [-0.4, -0.2) is 51.9 Å². The molecule has 4 nitrogen and oxygen atoms in total. The molecule has 0 unspecified atom stereocenters. The summed E-state index contributed by atoms with van der Waals surface area (Å²) in [5.74, 6) is 0.479. The summed E-state index contributed by atoms with van der Waals surface area (Å²) in [6.45, 7) is 1.22. The molecule has 1 aromatic rings. The molecule has 104 valence electrons. The molecule has 0 aromatic heterocycles. The summed E-state index contributed by atoms with van der Waals surface area (Å²) in [6, 6.07) is 7.47. The maximum atomic E-state index is 11.5. The van der Waals surface area contributed by atoms with Crippen LogP contribution in [0.15, 0.2) is 30.3 Å². The molecule has 0 atom stereocenters. The molecule has 0 aliphatic heterocycles. The Morgan fingerprint density at radius 2 is 1.84 bits per heavy atom. The molecule has 0 bridgehead atoms. The van der Waals surface area contributed by atoms with Crippen LogP contribution in [0.25, 0.3) is 6.08 Å². The normalized spacial score (nSPS) is 11.6. The van der Waals surface area contributed by atoms with Crippen molar-refractivity contribution in [3.63, 3.8) is 0 Å². The third kappa shape index (κ3) is 6.62. The van der Waals surface area contributed by atoms with Crippen molar-refractivity contribution in [1.29, 1.82) is 0 Å². The first-order valence-corrected chi connectivity index (χ1v) is 6.20. The zero-order valence-corrected chi connectivity index (χ0v) is 12.1. The van der Waals surface area contributed by atoms with E-state index in [4.69, 9.17) is 9.47 Å². The van der Waals surface area contributed by atoms with Crippen molar-refractivity contribution >= 4 is 12.0 Å². The molecule has 0 saturated heterocycles. The lowest BCUT2D eigenvalue weighted by atomic mass is 10.2. The number of methoxy groups -OCH3 is 1. The van der Waals surface area contributed by atoms with E-state index in [0.717, 1.165) is 22.3 Å². The van der Waals surface area contributed by atoms with Crippen LogP contribution in [0.1, 0.15) is 5.56 Å². The van der Waals surface area contributed by atoms with Crippen molar-refractivity contribution < 1.29 is 18.8 Å². The van der Waals surface area contributed by atoms with Gasteiger partial charge in [-0.3, -0.25) is 0 Å². The standard InChI is InChI=1S/C15H22NO3/c1-16(2,3)11-12-19-15(17)10-7-13-5-8-14(18-4)9-6-13/h5-10H,11-12H2,1-4H3/q+1. The molecule has 0 radical (unpaired) electrons. The maximum absolute atomic E-state index is 11.5. The second-order valence-corrected chi connectivity index (χ2v) is 5.29. The van der Waals surface area contributed by atoms with Gasteiger partial charge in [-0.25, -0.2) is 4.79 Å². The monoisotopic (exact) mass is 264 g/mol. The Hall–Kier alpha value is -1.81. The third-order valence-electron chi connectivity index (χ3n) is 2.53. The van der Waals surface area contributed by atoms with Crippen LogP contribution in [0.2, 0.25) is 0 Å². The molecule has 0 aliphatic carbocycles. The highest BCUT2D eigenvalue weighted by Crippen LogP contribution is 2.12. The summed E-state index contributed by atoms with van der Waals surface area (Å²) in [7, 11) is 7.79. The van der Waals surface area contributed by atoms with Crippen molar-refractivity contribution in [2.45, 2.75) is 0 Å². The number of hydrogen-bond donors (Lipinski definition) is 0. The minimum absolute atomic E-state index is 0.315. The number of quaternary nitrogens is 1. The summed E-state index contributed by atoms with van der Waals surface area (Å²) >= 11 is 0. The van der Waals surface area contributed by atoms with E-state index in [1.165, 1.54) is 6.08 Å². The van der Waals surface area contributed by atoms with Gasteiger partial charge >= 0.3 is 5.97 Å². The van der Waals surface area contributed by atoms with E-state index in [2.05, 4.69) is 21.1 Å². The van der Waals surface area contributed by atoms with Gasteiger partial charge in [-0.1, -0.05) is 12.1 Å². The first-order valence-electron chi connectivity index (χ1n) is 6.20. The Kier molecular flexibility index (Phi) is 5.57. The van der Waals surface area contributed by atoms with E-state index in [9.17, 15) is 4.79 Å². The lowest BCUT2D eigenvalue weighted by Crippen LogP contribution is -2.37. The molecule has 0 amide bonds. The molecule has 0 saturated carbocycles. The Bertz CT molecular complexity index is 430. The average molecular weight is 264 g/mol. The van der Waals surface area contributed by atoms with E-state index in [0.29, 0.717) is 6.61 Å². The Balaban J connectivity index is 2.40. The molecule has 0 spiro atoms. The van der Waals surface area contributed by atoms with Crippen LogP contribution < -0.4 is 4.74 Å². The SMILES string of the molecule is COc1ccc(C=CC(=O)OCC[N+](C)(C)C)cc1. The van der Waals surface area contributed by atoms with Crippen molar-refractivity contribution in [1.82, 2.24) is 0 Å². The minimum atomic E-state index is -0.315. The van der Waals surface area contributed by atoms with Crippen molar-refractivity contribution in [2.75, 3.05) is 41.4 Å². The van der Waals surface area contributed by atoms with Crippen molar-refractivity contribution in [3.05, 3.63) is 35.9 Å². The number of carbonyl (C=O) groups excluding carboxylic acids is 1. The predicted molar refractivity (Wildman–Crippen MR) is 75.9 cm³/mol. The van der Waals surface area contributed by atoms with Crippen LogP contribution in [0.3, 0.4) is 0 Å². The fraction of sp³-hybridized carbons (Fsp3) is 0.400. The zero-order chi connectivity index (χ0) is 14.3. The number of ether oxygens (including phenoxy) is 2. The van der Waals surface area contributed by atoms with E-state index in [1.54, 1.807) is 13.2 Å². The summed E-state index contributed by atoms with van der Waals surface area (Å²) in [5, 5.41) is 0. The molecule has 1 rings (SSSR count). The van der Waals surface area contributed by atoms with Crippen molar-refractivity contribution in [3.8, 4) is 5.75 Å². The Labute approximate surface area is 114 Å². The molecule has 0 aliphatic rings. The van der Waals surface area contributed by atoms with Gasteiger partial charge in [0.15, 0.2) is 0 Å². The Morgan fingerprint density at radius 1 is 1.21 bits per heavy atom. The minimum Gasteiger partial charge on any atom is -0.497 e. The smallest absolute Gasteiger partial charge is 0.330 e. The number of carbonyl (C=O) groups is 1. The number of nitrogens with zero attached hydrogens (tertiary/aromatic N) is 1. The molecular formula is C15H22NO3+. The first-order chi connectivity index (χ1) is 8.90. The zero-order valence-electron chi connectivity index (χ0n) is 12.1. The molecule has 1 aromatic carbocycles. The third-order valence-corrected chi connectivity index (χ3v) is 2.53. The quantitative estimate of drug-likeness (QED) is 0.447. The van der Waals surface area contributed by atoms with Gasteiger partial charge in [0.1, 0.15) is 18.9 Å². The van der Waals surface area contributed by atoms with E-state index < -0.39 is 0 Å². The largest absolute Gasteiger partial charge is 0.497 e. The fourth-order valence-electron chi connectivity index (χ4n) is 1.35. The number of hydrogen-bond acceptors (Lipinski definition) is 3. The summed E-state index contributed by atoms with van der Waals surface area (Å²) in [4.78, 5) is 11.5. The van der Waals surface area contributed by atoms with Crippen molar-refractivity contribution in [2.24, 2.45) is 0 Å². The van der Waals surface area contributed by atoms with Crippen LogP contribution in [0, 0.1) is 0 Å². The van der Waals surface area contributed by atoms with Gasteiger partial charge in [0.25, 0.3) is 0 Å². The summed E-state index contributed by atoms with van der Waals surface area (Å²) in [6.07, 6.45) is 3.17. The number of esters is 1. The number of rotatable bonds is 6. The summed E-state index contributed by atoms with van der Waals surface area (Å²) in [5.41, 5.74) is 0.935. The summed E-state index contributed by atoms with van der Waals surface area (Å²) < 4.78 is 11.0. The van der Waals surface area contributed by atoms with Gasteiger partial charge in [0.05, 0.1) is 28.3 Å². The van der Waals surface area contributed by atoms with E-state index in [1.807, 2.05) is 24.3 Å². The van der Waals surface area contributed by atoms with Gasteiger partial charge in [-0.2, -0.15) is 0 Å². The molecule has 0 heterocycles. The van der Waals surface area contributed by atoms with E-state index in [-0.39, 0.29) is 5.97 Å². The van der Waals surface area contributed by atoms with E-state index >= 15 is 0 Å². The van der Waals surface area contributed by atoms with Crippen LogP contribution in [0.4, 0.5) is 0 Å². The first kappa shape index (κ1) is 15.2. The van der Waals surface area contributed by atoms with Crippen LogP contribution in [-0.2, 0) is 9.53 Å². The second-order valence-electron chi connectivity index (χ2n) is 5.29. The topological polar surface area (TPSA) is 35.5 Å². The molecular weight excluding hydrogens is 242 g/mol. The molecule has 0 fully saturated rings. The van der Waals surface area contributed by atoms with Gasteiger partial charge in [-0.15, -0.1) is 0 Å². The molecule has 0 N–H and O–H groups in total. The van der Waals surface area contributed by atoms with Gasteiger partial charge < -0.3 is 14.0 Å². The number of likely N-dealkylation sites (N-methyl/N-ethyl adjacent to an activating group) is 1. The Morgan fingerprint density at radius 3 is 2.37 bits per heavy atom. The second kappa shape index (κ2) is 6.95. The van der Waals surface area contributed by atoms with Gasteiger partial charge in [0.2, 0.25) is 0 Å². The fourth-order valence-corrected chi connectivity index (χ4v) is 1.35. The van der Waals surface area contributed by atoms with Gasteiger partial charge in [0, 0.05) is 6.08 Å². The predicted octanol–water partition coefficient (Wildman–Crippen LogP) is 1.96. The number of benzene rings is 1. The van der Waals surface area contributed by atoms with Crippen LogP contribution in [0.5, 0.6) is 5.75 Å². The average Bonchev–Trinajstić information content (AvgIpc) is 2.35. The highest BCUT2D eigenvalue weighted by Gasteiger charge is 2.07. The molecule has 19 heavy (non-hydrogen) atoms. The highest BCUT2D eigenvalue weighted by molar-refractivity contribution is 5.87. The molecule has 4 heteroatoms. The lowest BCUT2D eigenvalue weighted by Gasteiger charge is -2.23. The highest BCUT2D eigenvalue weighted by atomic mass is 16.5. The maximum Gasteiger partial charge on any atom is 0.330 e. The lowest BCUT2D eigenvalue weighted by molar-refractivity contribution is -0.870. The van der Waals surface area contributed by atoms with Crippen LogP contribution >= 0.6 is 0 Å². The van der Waals surface area contributed by atoms with Gasteiger partial charge in [-0.05, 0) is 23.8 Å².